The number of nitrogens with zero attached hydrogens (tertiary/aromatic N) is 1. The van der Waals surface area contributed by atoms with Crippen LogP contribution in [0.2, 0.25) is 0 Å². The second kappa shape index (κ2) is 13.0. The number of primary amides is 1. The second-order valence-corrected chi connectivity index (χ2v) is 8.35. The molecule has 0 bridgehead atoms. The normalized spacial score (nSPS) is 20.7. The molecule has 0 spiro atoms. The number of nitro groups is 1. The summed E-state index contributed by atoms with van der Waals surface area (Å²) in [5.41, 5.74) is 4.89. The van der Waals surface area contributed by atoms with E-state index in [1.807, 2.05) is 6.92 Å². The molecule has 3 atom stereocenters. The van der Waals surface area contributed by atoms with Gasteiger partial charge in [0.25, 0.3) is 11.6 Å². The number of carbonyl (C=O) groups is 5. The van der Waals surface area contributed by atoms with Crippen molar-refractivity contribution in [3.63, 3.8) is 0 Å². The summed E-state index contributed by atoms with van der Waals surface area (Å²) < 4.78 is 0. The van der Waals surface area contributed by atoms with Crippen molar-refractivity contribution in [3.8, 4) is 0 Å². The summed E-state index contributed by atoms with van der Waals surface area (Å²) in [5, 5.41) is 30.6. The quantitative estimate of drug-likeness (QED) is 0.151. The first-order chi connectivity index (χ1) is 17.0. The van der Waals surface area contributed by atoms with Gasteiger partial charge in [-0.25, -0.2) is 0 Å². The van der Waals surface area contributed by atoms with Gasteiger partial charge in [0.2, 0.25) is 17.7 Å². The Balaban J connectivity index is 2.50. The number of carbonyl (C=O) groups excluding carboxylic acids is 4. The monoisotopic (exact) mass is 506 g/mol. The molecule has 1 aromatic carbocycles. The number of rotatable bonds is 9. The molecular formula is C22H30N6O8. The van der Waals surface area contributed by atoms with Crippen LogP contribution in [0.5, 0.6) is 0 Å². The largest absolute Gasteiger partial charge is 0.481 e. The molecular weight excluding hydrogens is 476 g/mol. The van der Waals surface area contributed by atoms with Crippen LogP contribution in [-0.2, 0) is 19.2 Å². The first-order valence-electron chi connectivity index (χ1n) is 11.5. The van der Waals surface area contributed by atoms with Crippen molar-refractivity contribution in [2.45, 2.75) is 63.6 Å². The second-order valence-electron chi connectivity index (χ2n) is 8.35. The molecule has 14 nitrogen and oxygen atoms in total. The molecule has 4 amide bonds. The number of carboxylic acid groups (broad SMARTS) is 1. The molecule has 3 unspecified atom stereocenters. The predicted molar refractivity (Wildman–Crippen MR) is 127 cm³/mol. The lowest BCUT2D eigenvalue weighted by molar-refractivity contribution is -0.384. The molecule has 2 rings (SSSR count). The van der Waals surface area contributed by atoms with Crippen molar-refractivity contribution in [3.05, 3.63) is 33.9 Å². The zero-order valence-electron chi connectivity index (χ0n) is 19.7. The first-order valence-corrected chi connectivity index (χ1v) is 11.5. The fraction of sp³-hybridized carbons (Fsp3) is 0.500. The number of benzene rings is 1. The maximum absolute atomic E-state index is 13.1. The molecule has 1 heterocycles. The zero-order chi connectivity index (χ0) is 26.8. The van der Waals surface area contributed by atoms with E-state index in [4.69, 9.17) is 10.8 Å². The molecule has 0 aliphatic carbocycles. The molecule has 1 aliphatic rings. The molecule has 14 heteroatoms. The Kier molecular flexibility index (Phi) is 10.1. The van der Waals surface area contributed by atoms with E-state index in [0.717, 1.165) is 25.0 Å². The van der Waals surface area contributed by atoms with E-state index >= 15 is 0 Å². The molecule has 0 saturated heterocycles. The Labute approximate surface area is 206 Å². The lowest BCUT2D eigenvalue weighted by Crippen LogP contribution is -2.57. The number of carboxylic acids is 1. The molecule has 1 aliphatic heterocycles. The molecule has 0 aromatic heterocycles. The lowest BCUT2D eigenvalue weighted by Gasteiger charge is -2.24. The Morgan fingerprint density at radius 3 is 2.36 bits per heavy atom. The van der Waals surface area contributed by atoms with Gasteiger partial charge in [-0.2, -0.15) is 0 Å². The highest BCUT2D eigenvalue weighted by atomic mass is 16.6. The molecule has 196 valence electrons. The van der Waals surface area contributed by atoms with Crippen LogP contribution in [0.3, 0.4) is 0 Å². The fourth-order valence-electron chi connectivity index (χ4n) is 3.61. The summed E-state index contributed by atoms with van der Waals surface area (Å²) >= 11 is 0. The van der Waals surface area contributed by atoms with Crippen LogP contribution in [-0.4, -0.2) is 64.3 Å². The Morgan fingerprint density at radius 2 is 1.75 bits per heavy atom. The summed E-state index contributed by atoms with van der Waals surface area (Å²) in [6, 6.07) is -0.290. The molecule has 0 fully saturated rings. The Hall–Kier alpha value is -4.23. The minimum absolute atomic E-state index is 0.0785. The van der Waals surface area contributed by atoms with E-state index in [9.17, 15) is 34.1 Å². The Morgan fingerprint density at radius 1 is 1.08 bits per heavy atom. The van der Waals surface area contributed by atoms with Crippen molar-refractivity contribution in [1.29, 1.82) is 0 Å². The number of nitrogens with two attached hydrogens (primary N) is 1. The minimum atomic E-state index is -1.35. The van der Waals surface area contributed by atoms with E-state index in [1.165, 1.54) is 6.07 Å². The van der Waals surface area contributed by atoms with Crippen molar-refractivity contribution in [1.82, 2.24) is 16.0 Å². The van der Waals surface area contributed by atoms with Gasteiger partial charge in [-0.1, -0.05) is 26.2 Å². The summed E-state index contributed by atoms with van der Waals surface area (Å²) in [5.74, 6) is -4.45. The van der Waals surface area contributed by atoms with Gasteiger partial charge in [-0.05, 0) is 18.9 Å². The van der Waals surface area contributed by atoms with E-state index in [0.29, 0.717) is 6.42 Å². The summed E-state index contributed by atoms with van der Waals surface area (Å²) in [7, 11) is 0. The van der Waals surface area contributed by atoms with E-state index in [-0.39, 0.29) is 30.6 Å². The van der Waals surface area contributed by atoms with Crippen LogP contribution in [0.4, 0.5) is 11.4 Å². The number of hydrogen-bond acceptors (Lipinski definition) is 8. The van der Waals surface area contributed by atoms with Crippen LogP contribution in [0, 0.1) is 10.1 Å². The summed E-state index contributed by atoms with van der Waals surface area (Å²) in [6.45, 7) is 1.72. The number of amides is 4. The van der Waals surface area contributed by atoms with Crippen molar-refractivity contribution in [2.75, 3.05) is 11.9 Å². The van der Waals surface area contributed by atoms with Gasteiger partial charge in [-0.3, -0.25) is 34.1 Å². The highest BCUT2D eigenvalue weighted by molar-refractivity contribution is 6.03. The highest BCUT2D eigenvalue weighted by Gasteiger charge is 2.31. The fourth-order valence-corrected chi connectivity index (χ4v) is 3.61. The molecule has 0 saturated carbocycles. The topological polar surface area (TPSA) is 223 Å². The van der Waals surface area contributed by atoms with E-state index in [2.05, 4.69) is 21.3 Å². The predicted octanol–water partition coefficient (Wildman–Crippen LogP) is 0.0187. The zero-order valence-corrected chi connectivity index (χ0v) is 19.7. The number of nitrogens with one attached hydrogen (secondary N) is 4. The van der Waals surface area contributed by atoms with Crippen LogP contribution < -0.4 is 27.0 Å². The number of fused-ring (bicyclic) bond motifs is 1. The third-order valence-corrected chi connectivity index (χ3v) is 5.61. The van der Waals surface area contributed by atoms with Crippen LogP contribution in [0.1, 0.15) is 55.8 Å². The van der Waals surface area contributed by atoms with Crippen molar-refractivity contribution >= 4 is 41.0 Å². The SMILES string of the molecule is CCCCCC1NC(=O)C(CCC(=O)O)NC(=O)c2cc([N+](=O)[O-])ccc2NCC(C(N)=O)NC1=O. The van der Waals surface area contributed by atoms with Gasteiger partial charge in [0.05, 0.1) is 10.5 Å². The van der Waals surface area contributed by atoms with Gasteiger partial charge < -0.3 is 32.1 Å². The van der Waals surface area contributed by atoms with Gasteiger partial charge in [0, 0.05) is 30.8 Å². The first kappa shape index (κ1) is 28.0. The summed E-state index contributed by atoms with van der Waals surface area (Å²) in [6.07, 6.45) is 1.67. The van der Waals surface area contributed by atoms with Gasteiger partial charge >= 0.3 is 5.97 Å². The minimum Gasteiger partial charge on any atom is -0.481 e. The maximum Gasteiger partial charge on any atom is 0.303 e. The van der Waals surface area contributed by atoms with Gasteiger partial charge in [0.1, 0.15) is 18.1 Å². The smallest absolute Gasteiger partial charge is 0.303 e. The number of anilines is 1. The molecule has 36 heavy (non-hydrogen) atoms. The number of non-ortho nitro benzene ring substituents is 1. The van der Waals surface area contributed by atoms with Crippen LogP contribution >= 0.6 is 0 Å². The van der Waals surface area contributed by atoms with Crippen molar-refractivity contribution in [2.24, 2.45) is 5.73 Å². The van der Waals surface area contributed by atoms with Crippen LogP contribution in [0.15, 0.2) is 18.2 Å². The third-order valence-electron chi connectivity index (χ3n) is 5.61. The van der Waals surface area contributed by atoms with Gasteiger partial charge in [0.15, 0.2) is 0 Å². The average molecular weight is 507 g/mol. The highest BCUT2D eigenvalue weighted by Crippen LogP contribution is 2.23. The number of nitro benzene ring substituents is 1. The maximum atomic E-state index is 13.1. The Bertz CT molecular complexity index is 1030. The number of unbranched alkanes of at least 4 members (excludes halogenated alkanes) is 2. The number of hydrogen-bond donors (Lipinski definition) is 6. The van der Waals surface area contributed by atoms with Crippen molar-refractivity contribution < 1.29 is 34.0 Å². The van der Waals surface area contributed by atoms with E-state index in [1.54, 1.807) is 0 Å². The lowest BCUT2D eigenvalue weighted by atomic mass is 10.0. The molecule has 0 radical (unpaired) electrons. The van der Waals surface area contributed by atoms with Crippen LogP contribution in [0.25, 0.3) is 0 Å². The number of aliphatic carboxylic acids is 1. The molecule has 7 N–H and O–H groups in total. The molecule has 1 aromatic rings. The average Bonchev–Trinajstić information content (AvgIpc) is 2.82. The third kappa shape index (κ3) is 7.92. The summed E-state index contributed by atoms with van der Waals surface area (Å²) in [4.78, 5) is 72.7. The van der Waals surface area contributed by atoms with Gasteiger partial charge in [-0.15, -0.1) is 0 Å². The van der Waals surface area contributed by atoms with E-state index < -0.39 is 64.8 Å². The standard InChI is InChI=1S/C22H30N6O8/c1-2-3-4-5-15-21(33)27-17(19(23)31)11-24-14-7-6-12(28(35)36)10-13(14)20(32)25-16(22(34)26-15)8-9-18(29)30/h6-7,10,15-17,24H,2-5,8-9,11H2,1H3,(H2,23,31)(H,25,32)(H,26,34)(H,27,33)(H,29,30).